The first-order valence-electron chi connectivity index (χ1n) is 8.61. The zero-order chi connectivity index (χ0) is 16.9. The molecule has 0 bridgehead atoms. The van der Waals surface area contributed by atoms with E-state index < -0.39 is 0 Å². The van der Waals surface area contributed by atoms with Crippen LogP contribution in [0.5, 0.6) is 0 Å². The van der Waals surface area contributed by atoms with Gasteiger partial charge in [0.05, 0.1) is 0 Å². The molecule has 1 aromatic carbocycles. The second-order valence-electron chi connectivity index (χ2n) is 6.48. The van der Waals surface area contributed by atoms with Crippen molar-refractivity contribution in [3.05, 3.63) is 47.2 Å². The SMILES string of the molecule is Cc1cccc(Nc2ccc(C(=O)NC3CCCCC3)nn2)c1C. The highest BCUT2D eigenvalue weighted by atomic mass is 16.2. The molecule has 0 atom stereocenters. The number of aryl methyl sites for hydroxylation is 1. The summed E-state index contributed by atoms with van der Waals surface area (Å²) in [5.74, 6) is 0.505. The van der Waals surface area contributed by atoms with Crippen LogP contribution in [0.3, 0.4) is 0 Å². The van der Waals surface area contributed by atoms with Gasteiger partial charge in [-0.1, -0.05) is 31.4 Å². The molecule has 5 heteroatoms. The third-order valence-corrected chi connectivity index (χ3v) is 4.70. The van der Waals surface area contributed by atoms with Crippen molar-refractivity contribution in [1.29, 1.82) is 0 Å². The molecule has 1 aliphatic carbocycles. The van der Waals surface area contributed by atoms with Crippen molar-refractivity contribution in [2.75, 3.05) is 5.32 Å². The number of carbonyl (C=O) groups excluding carboxylic acids is 1. The van der Waals surface area contributed by atoms with Crippen LogP contribution < -0.4 is 10.6 Å². The van der Waals surface area contributed by atoms with E-state index in [9.17, 15) is 4.79 Å². The second kappa shape index (κ2) is 7.43. The van der Waals surface area contributed by atoms with E-state index in [1.165, 1.54) is 30.4 Å². The van der Waals surface area contributed by atoms with Gasteiger partial charge in [0.15, 0.2) is 11.5 Å². The predicted molar refractivity (Wildman–Crippen MR) is 95.6 cm³/mol. The van der Waals surface area contributed by atoms with Gasteiger partial charge in [0.1, 0.15) is 0 Å². The fraction of sp³-hybridized carbons (Fsp3) is 0.421. The van der Waals surface area contributed by atoms with E-state index in [0.29, 0.717) is 11.5 Å². The number of rotatable bonds is 4. The lowest BCUT2D eigenvalue weighted by molar-refractivity contribution is 0.0921. The van der Waals surface area contributed by atoms with E-state index in [-0.39, 0.29) is 11.9 Å². The smallest absolute Gasteiger partial charge is 0.272 e. The monoisotopic (exact) mass is 324 g/mol. The van der Waals surface area contributed by atoms with Crippen LogP contribution in [0.25, 0.3) is 0 Å². The number of anilines is 2. The third-order valence-electron chi connectivity index (χ3n) is 4.70. The molecule has 5 nitrogen and oxygen atoms in total. The number of aromatic nitrogens is 2. The van der Waals surface area contributed by atoms with Crippen molar-refractivity contribution < 1.29 is 4.79 Å². The standard InChI is InChI=1S/C19H24N4O/c1-13-7-6-10-16(14(13)2)21-18-12-11-17(22-23-18)19(24)20-15-8-4-3-5-9-15/h6-7,10-12,15H,3-5,8-9H2,1-2H3,(H,20,24)(H,21,23). The van der Waals surface area contributed by atoms with Crippen LogP contribution in [0.15, 0.2) is 30.3 Å². The molecule has 2 aromatic rings. The number of hydrogen-bond donors (Lipinski definition) is 2. The highest BCUT2D eigenvalue weighted by Crippen LogP contribution is 2.21. The molecule has 1 amide bonds. The molecule has 0 aliphatic heterocycles. The van der Waals surface area contributed by atoms with Gasteiger partial charge in [-0.2, -0.15) is 0 Å². The minimum atomic E-state index is -0.132. The average molecular weight is 324 g/mol. The van der Waals surface area contributed by atoms with Crippen molar-refractivity contribution in [2.24, 2.45) is 0 Å². The van der Waals surface area contributed by atoms with E-state index in [2.05, 4.69) is 40.7 Å². The molecule has 1 saturated carbocycles. The Morgan fingerprint density at radius 2 is 1.83 bits per heavy atom. The van der Waals surface area contributed by atoms with E-state index in [1.807, 2.05) is 12.1 Å². The van der Waals surface area contributed by atoms with Crippen LogP contribution in [-0.2, 0) is 0 Å². The van der Waals surface area contributed by atoms with E-state index in [0.717, 1.165) is 18.5 Å². The molecule has 1 fully saturated rings. The van der Waals surface area contributed by atoms with Gasteiger partial charge in [-0.15, -0.1) is 10.2 Å². The lowest BCUT2D eigenvalue weighted by Crippen LogP contribution is -2.36. The first kappa shape index (κ1) is 16.4. The fourth-order valence-electron chi connectivity index (χ4n) is 3.05. The largest absolute Gasteiger partial charge is 0.348 e. The first-order valence-corrected chi connectivity index (χ1v) is 8.61. The van der Waals surface area contributed by atoms with Crippen LogP contribution in [0.4, 0.5) is 11.5 Å². The fourth-order valence-corrected chi connectivity index (χ4v) is 3.05. The van der Waals surface area contributed by atoms with Gasteiger partial charge in [-0.3, -0.25) is 4.79 Å². The number of hydrogen-bond acceptors (Lipinski definition) is 4. The molecular formula is C19H24N4O. The van der Waals surface area contributed by atoms with Crippen molar-refractivity contribution in [3.63, 3.8) is 0 Å². The summed E-state index contributed by atoms with van der Waals surface area (Å²) < 4.78 is 0. The van der Waals surface area contributed by atoms with Gasteiger partial charge in [-0.05, 0) is 56.0 Å². The molecule has 3 rings (SSSR count). The molecule has 1 aromatic heterocycles. The number of nitrogens with one attached hydrogen (secondary N) is 2. The Morgan fingerprint density at radius 1 is 1.04 bits per heavy atom. The molecule has 126 valence electrons. The Balaban J connectivity index is 1.64. The summed E-state index contributed by atoms with van der Waals surface area (Å²) in [5, 5.41) is 14.5. The van der Waals surface area contributed by atoms with Crippen LogP contribution in [0, 0.1) is 13.8 Å². The van der Waals surface area contributed by atoms with Gasteiger partial charge >= 0.3 is 0 Å². The van der Waals surface area contributed by atoms with Crippen LogP contribution in [-0.4, -0.2) is 22.1 Å². The molecule has 0 unspecified atom stereocenters. The summed E-state index contributed by atoms with van der Waals surface area (Å²) in [7, 11) is 0. The summed E-state index contributed by atoms with van der Waals surface area (Å²) in [6.45, 7) is 4.14. The summed E-state index contributed by atoms with van der Waals surface area (Å²) in [6.07, 6.45) is 5.77. The number of amides is 1. The van der Waals surface area contributed by atoms with Gasteiger partial charge in [0.2, 0.25) is 0 Å². The quantitative estimate of drug-likeness (QED) is 0.895. The Bertz CT molecular complexity index is 706. The maximum absolute atomic E-state index is 12.2. The van der Waals surface area contributed by atoms with E-state index >= 15 is 0 Å². The summed E-state index contributed by atoms with van der Waals surface area (Å²) >= 11 is 0. The normalized spacial score (nSPS) is 15.1. The molecule has 1 aliphatic rings. The van der Waals surface area contributed by atoms with Gasteiger partial charge in [0.25, 0.3) is 5.91 Å². The third kappa shape index (κ3) is 3.91. The summed E-state index contributed by atoms with van der Waals surface area (Å²) in [4.78, 5) is 12.2. The zero-order valence-electron chi connectivity index (χ0n) is 14.3. The molecule has 0 radical (unpaired) electrons. The van der Waals surface area contributed by atoms with Gasteiger partial charge < -0.3 is 10.6 Å². The molecular weight excluding hydrogens is 300 g/mol. The molecule has 24 heavy (non-hydrogen) atoms. The minimum absolute atomic E-state index is 0.132. The molecule has 1 heterocycles. The first-order chi connectivity index (χ1) is 11.6. The zero-order valence-corrected chi connectivity index (χ0v) is 14.3. The Morgan fingerprint density at radius 3 is 2.54 bits per heavy atom. The van der Waals surface area contributed by atoms with E-state index in [1.54, 1.807) is 12.1 Å². The van der Waals surface area contributed by atoms with Crippen molar-refractivity contribution >= 4 is 17.4 Å². The Hall–Kier alpha value is -2.43. The lowest BCUT2D eigenvalue weighted by Gasteiger charge is -2.22. The summed E-state index contributed by atoms with van der Waals surface area (Å²) in [6, 6.07) is 9.88. The molecule has 2 N–H and O–H groups in total. The highest BCUT2D eigenvalue weighted by Gasteiger charge is 2.17. The summed E-state index contributed by atoms with van der Waals surface area (Å²) in [5.41, 5.74) is 3.77. The lowest BCUT2D eigenvalue weighted by atomic mass is 9.95. The van der Waals surface area contributed by atoms with Crippen LogP contribution in [0.2, 0.25) is 0 Å². The van der Waals surface area contributed by atoms with Crippen molar-refractivity contribution in [3.8, 4) is 0 Å². The molecule has 0 spiro atoms. The average Bonchev–Trinajstić information content (AvgIpc) is 2.60. The van der Waals surface area contributed by atoms with E-state index in [4.69, 9.17) is 0 Å². The minimum Gasteiger partial charge on any atom is -0.348 e. The predicted octanol–water partition coefficient (Wildman–Crippen LogP) is 3.90. The number of carbonyl (C=O) groups is 1. The number of benzene rings is 1. The highest BCUT2D eigenvalue weighted by molar-refractivity contribution is 5.92. The van der Waals surface area contributed by atoms with Crippen molar-refractivity contribution in [1.82, 2.24) is 15.5 Å². The molecule has 0 saturated heterocycles. The van der Waals surface area contributed by atoms with Gasteiger partial charge in [-0.25, -0.2) is 0 Å². The second-order valence-corrected chi connectivity index (χ2v) is 6.48. The maximum atomic E-state index is 12.2. The Kier molecular flexibility index (Phi) is 5.08. The van der Waals surface area contributed by atoms with Gasteiger partial charge in [0, 0.05) is 11.7 Å². The number of nitrogens with zero attached hydrogens (tertiary/aromatic N) is 2. The van der Waals surface area contributed by atoms with Crippen LogP contribution >= 0.6 is 0 Å². The van der Waals surface area contributed by atoms with Crippen LogP contribution in [0.1, 0.15) is 53.7 Å². The maximum Gasteiger partial charge on any atom is 0.272 e. The van der Waals surface area contributed by atoms with Crippen molar-refractivity contribution in [2.45, 2.75) is 52.0 Å². The Labute approximate surface area is 142 Å². The topological polar surface area (TPSA) is 66.9 Å².